The third-order valence-corrected chi connectivity index (χ3v) is 4.60. The van der Waals surface area contributed by atoms with E-state index in [1.165, 1.54) is 0 Å². The lowest BCUT2D eigenvalue weighted by Crippen LogP contribution is -2.31. The molecule has 0 N–H and O–H groups in total. The molecular formula is C22H20N4O3. The van der Waals surface area contributed by atoms with Crippen molar-refractivity contribution in [1.29, 1.82) is 0 Å². The minimum absolute atomic E-state index is 0.251. The van der Waals surface area contributed by atoms with Crippen LogP contribution in [0.3, 0.4) is 0 Å². The Morgan fingerprint density at radius 3 is 2.66 bits per heavy atom. The Morgan fingerprint density at radius 2 is 1.93 bits per heavy atom. The van der Waals surface area contributed by atoms with Gasteiger partial charge in [-0.15, -0.1) is 5.10 Å². The zero-order valence-corrected chi connectivity index (χ0v) is 16.1. The standard InChI is InChI=1S/C22H20N4O3/c1-16-21(23-24-26(16)18-10-6-11-19(14-18)28-2)22(27)25(15-20-12-7-13-29-20)17-8-4-3-5-9-17/h3-14H,15H2,1-2H3. The molecule has 4 aromatic rings. The molecule has 29 heavy (non-hydrogen) atoms. The number of anilines is 1. The van der Waals surface area contributed by atoms with Crippen LogP contribution in [0, 0.1) is 6.92 Å². The molecule has 4 rings (SSSR count). The van der Waals surface area contributed by atoms with E-state index >= 15 is 0 Å². The van der Waals surface area contributed by atoms with Gasteiger partial charge in [-0.05, 0) is 43.3 Å². The minimum Gasteiger partial charge on any atom is -0.497 e. The van der Waals surface area contributed by atoms with Gasteiger partial charge in [-0.3, -0.25) is 9.69 Å². The first kappa shape index (κ1) is 18.5. The van der Waals surface area contributed by atoms with Gasteiger partial charge in [-0.25, -0.2) is 4.68 Å². The monoisotopic (exact) mass is 388 g/mol. The average molecular weight is 388 g/mol. The zero-order chi connectivity index (χ0) is 20.2. The molecule has 0 bridgehead atoms. The largest absolute Gasteiger partial charge is 0.497 e. The second-order valence-corrected chi connectivity index (χ2v) is 6.44. The number of para-hydroxylation sites is 1. The highest BCUT2D eigenvalue weighted by Gasteiger charge is 2.25. The van der Waals surface area contributed by atoms with Crippen molar-refractivity contribution in [3.63, 3.8) is 0 Å². The summed E-state index contributed by atoms with van der Waals surface area (Å²) in [5.41, 5.74) is 2.45. The number of aromatic nitrogens is 3. The highest BCUT2D eigenvalue weighted by Crippen LogP contribution is 2.23. The van der Waals surface area contributed by atoms with E-state index in [2.05, 4.69) is 10.3 Å². The Bertz CT molecular complexity index is 1100. The summed E-state index contributed by atoms with van der Waals surface area (Å²) in [5, 5.41) is 8.37. The Kier molecular flexibility index (Phi) is 5.11. The molecule has 2 aromatic carbocycles. The molecule has 0 aliphatic carbocycles. The summed E-state index contributed by atoms with van der Waals surface area (Å²) in [6, 6.07) is 20.5. The van der Waals surface area contributed by atoms with Gasteiger partial charge in [0.2, 0.25) is 0 Å². The molecule has 0 aliphatic rings. The summed E-state index contributed by atoms with van der Waals surface area (Å²) in [6.07, 6.45) is 1.59. The topological polar surface area (TPSA) is 73.4 Å². The number of nitrogens with zero attached hydrogens (tertiary/aromatic N) is 4. The summed E-state index contributed by atoms with van der Waals surface area (Å²) in [7, 11) is 1.61. The van der Waals surface area contributed by atoms with E-state index in [4.69, 9.17) is 9.15 Å². The number of benzene rings is 2. The lowest BCUT2D eigenvalue weighted by atomic mass is 10.2. The smallest absolute Gasteiger partial charge is 0.281 e. The van der Waals surface area contributed by atoms with Crippen molar-refractivity contribution < 1.29 is 13.9 Å². The van der Waals surface area contributed by atoms with Crippen LogP contribution in [0.25, 0.3) is 5.69 Å². The molecule has 0 fully saturated rings. The van der Waals surface area contributed by atoms with Crippen molar-refractivity contribution in [3.8, 4) is 11.4 Å². The predicted molar refractivity (Wildman–Crippen MR) is 108 cm³/mol. The summed E-state index contributed by atoms with van der Waals surface area (Å²) in [6.45, 7) is 2.12. The van der Waals surface area contributed by atoms with E-state index in [9.17, 15) is 4.79 Å². The number of rotatable bonds is 6. The Hall–Kier alpha value is -3.87. The maximum atomic E-state index is 13.4. The molecule has 0 radical (unpaired) electrons. The lowest BCUT2D eigenvalue weighted by molar-refractivity contribution is 0.0977. The molecule has 0 saturated heterocycles. The quantitative estimate of drug-likeness (QED) is 0.499. The molecule has 7 nitrogen and oxygen atoms in total. The third-order valence-electron chi connectivity index (χ3n) is 4.60. The fourth-order valence-electron chi connectivity index (χ4n) is 3.09. The van der Waals surface area contributed by atoms with Crippen LogP contribution in [0.2, 0.25) is 0 Å². The molecule has 2 heterocycles. The van der Waals surface area contributed by atoms with Crippen molar-refractivity contribution >= 4 is 11.6 Å². The van der Waals surface area contributed by atoms with Gasteiger partial charge in [-0.2, -0.15) is 0 Å². The van der Waals surface area contributed by atoms with Gasteiger partial charge < -0.3 is 9.15 Å². The van der Waals surface area contributed by atoms with E-state index in [1.54, 1.807) is 29.0 Å². The summed E-state index contributed by atoms with van der Waals surface area (Å²) >= 11 is 0. The van der Waals surface area contributed by atoms with Gasteiger partial charge >= 0.3 is 0 Å². The molecule has 0 spiro atoms. The number of methoxy groups -OCH3 is 1. The molecule has 0 aliphatic heterocycles. The van der Waals surface area contributed by atoms with E-state index in [0.717, 1.165) is 11.4 Å². The second kappa shape index (κ2) is 8.02. The normalized spacial score (nSPS) is 10.7. The summed E-state index contributed by atoms with van der Waals surface area (Å²) in [4.78, 5) is 15.0. The first-order chi connectivity index (χ1) is 14.2. The fraction of sp³-hybridized carbons (Fsp3) is 0.136. The SMILES string of the molecule is COc1cccc(-n2nnc(C(=O)N(Cc3ccco3)c3ccccc3)c2C)c1. The Morgan fingerprint density at radius 1 is 1.10 bits per heavy atom. The fourth-order valence-corrected chi connectivity index (χ4v) is 3.09. The minimum atomic E-state index is -0.251. The Labute approximate surface area is 168 Å². The predicted octanol–water partition coefficient (Wildman–Crippen LogP) is 4.02. The van der Waals surface area contributed by atoms with Crippen molar-refractivity contribution in [2.24, 2.45) is 0 Å². The van der Waals surface area contributed by atoms with Crippen LogP contribution in [-0.4, -0.2) is 28.0 Å². The van der Waals surface area contributed by atoms with Gasteiger partial charge in [0.15, 0.2) is 5.69 Å². The average Bonchev–Trinajstić information content (AvgIpc) is 3.42. The van der Waals surface area contributed by atoms with Gasteiger partial charge in [0, 0.05) is 11.8 Å². The molecule has 0 unspecified atom stereocenters. The zero-order valence-electron chi connectivity index (χ0n) is 16.1. The summed E-state index contributed by atoms with van der Waals surface area (Å²) in [5.74, 6) is 1.13. The van der Waals surface area contributed by atoms with Crippen LogP contribution < -0.4 is 9.64 Å². The van der Waals surface area contributed by atoms with Gasteiger partial charge in [-0.1, -0.05) is 29.5 Å². The number of hydrogen-bond donors (Lipinski definition) is 0. The van der Waals surface area contributed by atoms with Crippen LogP contribution >= 0.6 is 0 Å². The second-order valence-electron chi connectivity index (χ2n) is 6.44. The van der Waals surface area contributed by atoms with Crippen molar-refractivity contribution in [2.75, 3.05) is 12.0 Å². The van der Waals surface area contributed by atoms with Crippen LogP contribution in [-0.2, 0) is 6.54 Å². The molecule has 146 valence electrons. The summed E-state index contributed by atoms with van der Waals surface area (Å²) < 4.78 is 12.4. The van der Waals surface area contributed by atoms with Gasteiger partial charge in [0.1, 0.15) is 11.5 Å². The Balaban J connectivity index is 1.70. The molecule has 1 amide bonds. The molecule has 0 atom stereocenters. The van der Waals surface area contributed by atoms with E-state index < -0.39 is 0 Å². The van der Waals surface area contributed by atoms with Crippen LogP contribution in [0.15, 0.2) is 77.4 Å². The van der Waals surface area contributed by atoms with E-state index in [0.29, 0.717) is 23.7 Å². The van der Waals surface area contributed by atoms with Crippen LogP contribution in [0.1, 0.15) is 21.9 Å². The lowest BCUT2D eigenvalue weighted by Gasteiger charge is -2.21. The highest BCUT2D eigenvalue weighted by atomic mass is 16.5. The van der Waals surface area contributed by atoms with E-state index in [1.807, 2.05) is 67.6 Å². The van der Waals surface area contributed by atoms with Crippen LogP contribution in [0.4, 0.5) is 5.69 Å². The first-order valence-electron chi connectivity index (χ1n) is 9.13. The first-order valence-corrected chi connectivity index (χ1v) is 9.13. The number of carbonyl (C=O) groups excluding carboxylic acids is 1. The van der Waals surface area contributed by atoms with E-state index in [-0.39, 0.29) is 11.6 Å². The van der Waals surface area contributed by atoms with Gasteiger partial charge in [0.25, 0.3) is 5.91 Å². The molecule has 2 aromatic heterocycles. The molecular weight excluding hydrogens is 368 g/mol. The number of carbonyl (C=O) groups is 1. The molecule has 0 saturated carbocycles. The number of amides is 1. The highest BCUT2D eigenvalue weighted by molar-refractivity contribution is 6.05. The van der Waals surface area contributed by atoms with Gasteiger partial charge in [0.05, 0.1) is 31.3 Å². The van der Waals surface area contributed by atoms with Crippen molar-refractivity contribution in [1.82, 2.24) is 15.0 Å². The molecule has 7 heteroatoms. The van der Waals surface area contributed by atoms with Crippen molar-refractivity contribution in [2.45, 2.75) is 13.5 Å². The number of ether oxygens (including phenoxy) is 1. The third kappa shape index (κ3) is 3.75. The maximum absolute atomic E-state index is 13.4. The van der Waals surface area contributed by atoms with Crippen LogP contribution in [0.5, 0.6) is 5.75 Å². The maximum Gasteiger partial charge on any atom is 0.281 e. The number of furan rings is 1. The number of hydrogen-bond acceptors (Lipinski definition) is 5. The van der Waals surface area contributed by atoms with Crippen molar-refractivity contribution in [3.05, 3.63) is 90.1 Å².